The third kappa shape index (κ3) is 3.98. The van der Waals surface area contributed by atoms with Crippen LogP contribution in [0.3, 0.4) is 0 Å². The molecular formula is C19H18ClN3O2. The second-order valence-electron chi connectivity index (χ2n) is 6.03. The van der Waals surface area contributed by atoms with Crippen LogP contribution >= 0.6 is 11.6 Å². The number of para-hydroxylation sites is 1. The van der Waals surface area contributed by atoms with Crippen LogP contribution in [0.5, 0.6) is 0 Å². The van der Waals surface area contributed by atoms with E-state index in [1.807, 2.05) is 37.3 Å². The van der Waals surface area contributed by atoms with Crippen LogP contribution in [0.1, 0.15) is 24.0 Å². The van der Waals surface area contributed by atoms with Gasteiger partial charge in [-0.05, 0) is 37.5 Å². The molecule has 1 saturated heterocycles. The van der Waals surface area contributed by atoms with Gasteiger partial charge >= 0.3 is 0 Å². The summed E-state index contributed by atoms with van der Waals surface area (Å²) in [6, 6.07) is 9.58. The first-order chi connectivity index (χ1) is 12.1. The number of hydrogen-bond acceptors (Lipinski definition) is 4. The summed E-state index contributed by atoms with van der Waals surface area (Å²) in [5, 5.41) is 13.2. The van der Waals surface area contributed by atoms with Crippen molar-refractivity contribution >= 4 is 34.5 Å². The summed E-state index contributed by atoms with van der Waals surface area (Å²) in [5.41, 5.74) is 2.37. The first-order valence-electron chi connectivity index (χ1n) is 8.16. The third-order valence-electron chi connectivity index (χ3n) is 4.21. The van der Waals surface area contributed by atoms with Gasteiger partial charge in [0.1, 0.15) is 16.8 Å². The molecule has 128 valence electrons. The number of pyridine rings is 1. The summed E-state index contributed by atoms with van der Waals surface area (Å²) in [7, 11) is 0. The van der Waals surface area contributed by atoms with Crippen LogP contribution in [0.25, 0.3) is 17.0 Å². The van der Waals surface area contributed by atoms with E-state index in [0.717, 1.165) is 35.9 Å². The fourth-order valence-electron chi connectivity index (χ4n) is 2.85. The summed E-state index contributed by atoms with van der Waals surface area (Å²) in [4.78, 5) is 16.6. The zero-order valence-corrected chi connectivity index (χ0v) is 14.6. The molecule has 6 heteroatoms. The monoisotopic (exact) mass is 355 g/mol. The standard InChI is InChI=1S/C19H18ClN3O2/c1-12-4-2-5-13-8-14(18(20)23-17(12)13)9-15(10-21)19(24)22-11-16-6-3-7-25-16/h2,4-5,8-9,16H,3,6-7,11H2,1H3,(H,22,24)/b15-9-. The number of benzene rings is 1. The molecule has 2 aromatic rings. The number of hydrogen-bond donors (Lipinski definition) is 1. The van der Waals surface area contributed by atoms with E-state index < -0.39 is 5.91 Å². The Balaban J connectivity index is 1.83. The maximum atomic E-state index is 12.2. The molecule has 2 heterocycles. The number of nitrogens with zero attached hydrogens (tertiary/aromatic N) is 2. The molecule has 0 spiro atoms. The minimum atomic E-state index is -0.432. The molecule has 1 unspecified atom stereocenters. The Morgan fingerprint density at radius 3 is 3.12 bits per heavy atom. The molecule has 0 radical (unpaired) electrons. The molecule has 1 aromatic heterocycles. The van der Waals surface area contributed by atoms with Gasteiger partial charge in [0.05, 0.1) is 11.6 Å². The van der Waals surface area contributed by atoms with E-state index in [9.17, 15) is 10.1 Å². The normalized spacial score (nSPS) is 17.5. The number of fused-ring (bicyclic) bond motifs is 1. The van der Waals surface area contributed by atoms with Crippen molar-refractivity contribution in [1.82, 2.24) is 10.3 Å². The zero-order chi connectivity index (χ0) is 17.8. The summed E-state index contributed by atoms with van der Waals surface area (Å²) in [5.74, 6) is -0.432. The number of ether oxygens (including phenoxy) is 1. The van der Waals surface area contributed by atoms with E-state index in [1.54, 1.807) is 0 Å². The molecule has 1 N–H and O–H groups in total. The molecule has 1 aliphatic heterocycles. The number of amides is 1. The maximum Gasteiger partial charge on any atom is 0.262 e. The van der Waals surface area contributed by atoms with E-state index in [0.29, 0.717) is 12.1 Å². The number of nitrogens with one attached hydrogen (secondary N) is 1. The minimum Gasteiger partial charge on any atom is -0.376 e. The summed E-state index contributed by atoms with van der Waals surface area (Å²) < 4.78 is 5.47. The van der Waals surface area contributed by atoms with Gasteiger partial charge in [0.2, 0.25) is 0 Å². The number of rotatable bonds is 4. The second kappa shape index (κ2) is 7.64. The number of aromatic nitrogens is 1. The molecule has 1 amide bonds. The van der Waals surface area contributed by atoms with Crippen LogP contribution in [-0.4, -0.2) is 30.1 Å². The van der Waals surface area contributed by atoms with E-state index in [1.165, 1.54) is 6.08 Å². The Labute approximate surface area is 151 Å². The molecule has 1 fully saturated rings. The Morgan fingerprint density at radius 2 is 2.40 bits per heavy atom. The predicted octanol–water partition coefficient (Wildman–Crippen LogP) is 3.40. The first-order valence-corrected chi connectivity index (χ1v) is 8.54. The number of halogens is 1. The molecule has 1 aliphatic rings. The highest BCUT2D eigenvalue weighted by Crippen LogP contribution is 2.24. The Hall–Kier alpha value is -2.42. The lowest BCUT2D eigenvalue weighted by Gasteiger charge is -2.10. The fraction of sp³-hybridized carbons (Fsp3) is 0.316. The van der Waals surface area contributed by atoms with Crippen LogP contribution in [0.2, 0.25) is 5.15 Å². The molecule has 5 nitrogen and oxygen atoms in total. The quantitative estimate of drug-likeness (QED) is 0.518. The van der Waals surface area contributed by atoms with Crippen LogP contribution < -0.4 is 5.32 Å². The predicted molar refractivity (Wildman–Crippen MR) is 97.1 cm³/mol. The summed E-state index contributed by atoms with van der Waals surface area (Å²) in [6.45, 7) is 3.08. The fourth-order valence-corrected chi connectivity index (χ4v) is 3.05. The van der Waals surface area contributed by atoms with Crippen molar-refractivity contribution in [2.45, 2.75) is 25.9 Å². The third-order valence-corrected chi connectivity index (χ3v) is 4.51. The van der Waals surface area contributed by atoms with Crippen molar-refractivity contribution in [3.05, 3.63) is 46.1 Å². The van der Waals surface area contributed by atoms with Crippen molar-refractivity contribution in [1.29, 1.82) is 5.26 Å². The van der Waals surface area contributed by atoms with Crippen molar-refractivity contribution in [2.75, 3.05) is 13.2 Å². The van der Waals surface area contributed by atoms with Gasteiger partial charge in [-0.25, -0.2) is 4.98 Å². The number of aryl methyl sites for hydroxylation is 1. The average Bonchev–Trinajstić information content (AvgIpc) is 3.12. The SMILES string of the molecule is Cc1cccc2cc(/C=C(/C#N)C(=O)NCC3CCCO3)c(Cl)nc12. The minimum absolute atomic E-state index is 0.00583. The van der Waals surface area contributed by atoms with Crippen LogP contribution in [0.15, 0.2) is 29.8 Å². The van der Waals surface area contributed by atoms with Crippen molar-refractivity contribution in [2.24, 2.45) is 0 Å². The number of carbonyl (C=O) groups is 1. The molecule has 3 rings (SSSR count). The Bertz CT molecular complexity index is 880. The molecule has 0 aliphatic carbocycles. The first kappa shape index (κ1) is 17.4. The highest BCUT2D eigenvalue weighted by atomic mass is 35.5. The van der Waals surface area contributed by atoms with Gasteiger partial charge < -0.3 is 10.1 Å². The molecule has 0 saturated carbocycles. The van der Waals surface area contributed by atoms with E-state index >= 15 is 0 Å². The van der Waals surface area contributed by atoms with Gasteiger partial charge in [0.15, 0.2) is 0 Å². The smallest absolute Gasteiger partial charge is 0.262 e. The average molecular weight is 356 g/mol. The van der Waals surface area contributed by atoms with E-state index in [2.05, 4.69) is 10.3 Å². The van der Waals surface area contributed by atoms with Crippen molar-refractivity contribution < 1.29 is 9.53 Å². The molecule has 1 atom stereocenters. The van der Waals surface area contributed by atoms with Crippen LogP contribution in [-0.2, 0) is 9.53 Å². The summed E-state index contributed by atoms with van der Waals surface area (Å²) in [6.07, 6.45) is 3.42. The zero-order valence-electron chi connectivity index (χ0n) is 13.9. The van der Waals surface area contributed by atoms with Gasteiger partial charge in [-0.2, -0.15) is 5.26 Å². The van der Waals surface area contributed by atoms with E-state index in [4.69, 9.17) is 16.3 Å². The maximum absolute atomic E-state index is 12.2. The summed E-state index contributed by atoms with van der Waals surface area (Å²) >= 11 is 6.24. The highest BCUT2D eigenvalue weighted by molar-refractivity contribution is 6.31. The lowest BCUT2D eigenvalue weighted by Crippen LogP contribution is -2.32. The van der Waals surface area contributed by atoms with Crippen molar-refractivity contribution in [3.8, 4) is 6.07 Å². The largest absolute Gasteiger partial charge is 0.376 e. The lowest BCUT2D eigenvalue weighted by molar-refractivity contribution is -0.117. The van der Waals surface area contributed by atoms with E-state index in [-0.39, 0.29) is 16.8 Å². The number of carbonyl (C=O) groups excluding carboxylic acids is 1. The van der Waals surface area contributed by atoms with Gasteiger partial charge in [0, 0.05) is 24.1 Å². The molecule has 1 aromatic carbocycles. The number of nitriles is 1. The van der Waals surface area contributed by atoms with Crippen LogP contribution in [0.4, 0.5) is 0 Å². The van der Waals surface area contributed by atoms with Gasteiger partial charge in [-0.1, -0.05) is 29.8 Å². The van der Waals surface area contributed by atoms with Crippen molar-refractivity contribution in [3.63, 3.8) is 0 Å². The topological polar surface area (TPSA) is 75.0 Å². The highest BCUT2D eigenvalue weighted by Gasteiger charge is 2.18. The Kier molecular flexibility index (Phi) is 5.32. The van der Waals surface area contributed by atoms with Gasteiger partial charge in [-0.3, -0.25) is 4.79 Å². The molecule has 25 heavy (non-hydrogen) atoms. The lowest BCUT2D eigenvalue weighted by atomic mass is 10.1. The van der Waals surface area contributed by atoms with Crippen LogP contribution in [0, 0.1) is 18.3 Å². The second-order valence-corrected chi connectivity index (χ2v) is 6.39. The molecular weight excluding hydrogens is 338 g/mol. The Morgan fingerprint density at radius 1 is 1.56 bits per heavy atom. The van der Waals surface area contributed by atoms with Gasteiger partial charge in [-0.15, -0.1) is 0 Å². The van der Waals surface area contributed by atoms with Gasteiger partial charge in [0.25, 0.3) is 5.91 Å². The molecule has 0 bridgehead atoms.